The Morgan fingerprint density at radius 2 is 1.50 bits per heavy atom. The van der Waals surface area contributed by atoms with Crippen LogP contribution in [0.5, 0.6) is 0 Å². The van der Waals surface area contributed by atoms with E-state index in [0.717, 1.165) is 61.1 Å². The average molecular weight is 565 g/mol. The first kappa shape index (κ1) is 30.5. The summed E-state index contributed by atoms with van der Waals surface area (Å²) in [6, 6.07) is 9.62. The second kappa shape index (κ2) is 16.1. The third-order valence-electron chi connectivity index (χ3n) is 8.51. The number of fused-ring (bicyclic) bond motifs is 1. The highest BCUT2D eigenvalue weighted by molar-refractivity contribution is 7.80. The van der Waals surface area contributed by atoms with Crippen molar-refractivity contribution in [2.75, 3.05) is 29.6 Å². The summed E-state index contributed by atoms with van der Waals surface area (Å²) in [7, 11) is 4.17. The number of thiocarbonyl (C=S) groups is 1. The van der Waals surface area contributed by atoms with Crippen molar-refractivity contribution < 1.29 is 0 Å². The Balaban J connectivity index is 1.14. The Labute approximate surface area is 248 Å². The number of rotatable bonds is 14. The summed E-state index contributed by atoms with van der Waals surface area (Å²) >= 11 is 5.65. The van der Waals surface area contributed by atoms with E-state index < -0.39 is 0 Å². The molecule has 3 N–H and O–H groups in total. The minimum Gasteiger partial charge on any atom is -0.362 e. The molecule has 1 aromatic heterocycles. The van der Waals surface area contributed by atoms with E-state index in [4.69, 9.17) is 22.2 Å². The molecular weight excluding hydrogens is 512 g/mol. The van der Waals surface area contributed by atoms with E-state index in [0.29, 0.717) is 12.1 Å². The maximum atomic E-state index is 5.65. The van der Waals surface area contributed by atoms with Crippen LogP contribution in [-0.2, 0) is 19.3 Å². The first-order valence-electron chi connectivity index (χ1n) is 16.0. The maximum Gasteiger partial charge on any atom is 0.225 e. The molecule has 2 aromatic rings. The summed E-state index contributed by atoms with van der Waals surface area (Å²) in [5.74, 6) is 1.88. The van der Waals surface area contributed by atoms with Gasteiger partial charge in [0.2, 0.25) is 5.95 Å². The largest absolute Gasteiger partial charge is 0.362 e. The number of hydrogen-bond donors (Lipinski definition) is 3. The molecule has 6 nitrogen and oxygen atoms in total. The normalized spacial score (nSPS) is 18.6. The van der Waals surface area contributed by atoms with Gasteiger partial charge in [-0.2, -0.15) is 4.98 Å². The molecule has 0 aliphatic heterocycles. The number of aryl methyl sites for hydroxylation is 2. The molecular formula is C33H52N6S. The third-order valence-corrected chi connectivity index (χ3v) is 8.73. The lowest BCUT2D eigenvalue weighted by molar-refractivity contribution is 0.387. The standard InChI is InChI=1S/C33H52N6S/c1-4-5-6-7-8-9-10-11-14-25-17-19-27(20-18-25)35-33(40)36-28-23-21-26(22-24-28)34-32-37-30-16-13-12-15-29(30)31(38-32)39(2)3/h17-20,26,28H,4-16,21-24H2,1-3H3,(H,34,37,38)(H2,35,36,40). The Hall–Kier alpha value is -2.41. The highest BCUT2D eigenvalue weighted by Gasteiger charge is 2.24. The molecule has 1 aromatic carbocycles. The quantitative estimate of drug-likeness (QED) is 0.160. The van der Waals surface area contributed by atoms with Crippen LogP contribution in [0.25, 0.3) is 0 Å². The Kier molecular flexibility index (Phi) is 12.3. The van der Waals surface area contributed by atoms with E-state index in [9.17, 15) is 0 Å². The maximum absolute atomic E-state index is 5.65. The molecule has 4 rings (SSSR count). The van der Waals surface area contributed by atoms with Gasteiger partial charge in [0.15, 0.2) is 5.11 Å². The first-order valence-corrected chi connectivity index (χ1v) is 16.4. The Bertz CT molecular complexity index is 1050. The second-order valence-electron chi connectivity index (χ2n) is 12.1. The van der Waals surface area contributed by atoms with Gasteiger partial charge in [0.1, 0.15) is 5.82 Å². The summed E-state index contributed by atoms with van der Waals surface area (Å²) in [4.78, 5) is 11.9. The van der Waals surface area contributed by atoms with Gasteiger partial charge in [-0.25, -0.2) is 4.98 Å². The fraction of sp³-hybridized carbons (Fsp3) is 0.667. The molecule has 0 bridgehead atoms. The molecule has 2 aliphatic rings. The molecule has 2 aliphatic carbocycles. The molecule has 1 saturated carbocycles. The summed E-state index contributed by atoms with van der Waals surface area (Å²) in [6.45, 7) is 2.28. The first-order chi connectivity index (χ1) is 19.5. The zero-order valence-electron chi connectivity index (χ0n) is 25.2. The third kappa shape index (κ3) is 9.60. The Morgan fingerprint density at radius 3 is 2.20 bits per heavy atom. The molecule has 1 heterocycles. The van der Waals surface area contributed by atoms with Crippen LogP contribution in [0.15, 0.2) is 24.3 Å². The van der Waals surface area contributed by atoms with E-state index >= 15 is 0 Å². The van der Waals surface area contributed by atoms with E-state index in [1.54, 1.807) is 0 Å². The highest BCUT2D eigenvalue weighted by Crippen LogP contribution is 2.29. The molecule has 0 radical (unpaired) electrons. The number of benzene rings is 1. The van der Waals surface area contributed by atoms with Crippen molar-refractivity contribution in [3.05, 3.63) is 41.1 Å². The molecule has 0 amide bonds. The number of hydrogen-bond acceptors (Lipinski definition) is 5. The molecule has 7 heteroatoms. The van der Waals surface area contributed by atoms with Crippen molar-refractivity contribution in [2.45, 2.75) is 128 Å². The summed E-state index contributed by atoms with van der Waals surface area (Å²) in [5, 5.41) is 11.3. The Morgan fingerprint density at radius 1 is 0.850 bits per heavy atom. The smallest absolute Gasteiger partial charge is 0.225 e. The number of nitrogens with zero attached hydrogens (tertiary/aromatic N) is 3. The summed E-state index contributed by atoms with van der Waals surface area (Å²) in [5.41, 5.74) is 5.06. The zero-order valence-corrected chi connectivity index (χ0v) is 26.1. The van der Waals surface area contributed by atoms with Gasteiger partial charge in [-0.1, -0.05) is 64.0 Å². The minimum atomic E-state index is 0.404. The van der Waals surface area contributed by atoms with Crippen LogP contribution >= 0.6 is 12.2 Å². The average Bonchev–Trinajstić information content (AvgIpc) is 2.96. The number of anilines is 3. The molecule has 0 saturated heterocycles. The van der Waals surface area contributed by atoms with Crippen LogP contribution in [0.1, 0.15) is 114 Å². The van der Waals surface area contributed by atoms with Crippen LogP contribution in [0.2, 0.25) is 0 Å². The van der Waals surface area contributed by atoms with Gasteiger partial charge >= 0.3 is 0 Å². The van der Waals surface area contributed by atoms with Gasteiger partial charge in [-0.05, 0) is 94.1 Å². The lowest BCUT2D eigenvalue weighted by Gasteiger charge is -2.31. The molecule has 220 valence electrons. The predicted octanol–water partition coefficient (Wildman–Crippen LogP) is 7.81. The predicted molar refractivity (Wildman–Crippen MR) is 175 cm³/mol. The van der Waals surface area contributed by atoms with E-state index in [1.807, 2.05) is 0 Å². The lowest BCUT2D eigenvalue weighted by Crippen LogP contribution is -2.42. The molecule has 0 spiro atoms. The summed E-state index contributed by atoms with van der Waals surface area (Å²) in [6.07, 6.45) is 21.1. The minimum absolute atomic E-state index is 0.404. The van der Waals surface area contributed by atoms with Crippen molar-refractivity contribution >= 4 is 34.8 Å². The van der Waals surface area contributed by atoms with Crippen LogP contribution in [0.3, 0.4) is 0 Å². The van der Waals surface area contributed by atoms with Crippen molar-refractivity contribution in [2.24, 2.45) is 0 Å². The number of aromatic nitrogens is 2. The SMILES string of the molecule is CCCCCCCCCCc1ccc(NC(=S)NC2CCC(Nc3nc4c(c(N(C)C)n3)CCCC4)CC2)cc1. The van der Waals surface area contributed by atoms with Gasteiger partial charge in [0.05, 0.1) is 5.69 Å². The monoisotopic (exact) mass is 564 g/mol. The van der Waals surface area contributed by atoms with E-state index in [1.165, 1.54) is 87.4 Å². The van der Waals surface area contributed by atoms with Crippen molar-refractivity contribution in [3.8, 4) is 0 Å². The molecule has 0 atom stereocenters. The number of unbranched alkanes of at least 4 members (excludes halogenated alkanes) is 7. The molecule has 1 fully saturated rings. The van der Waals surface area contributed by atoms with Gasteiger partial charge in [0.25, 0.3) is 0 Å². The lowest BCUT2D eigenvalue weighted by atomic mass is 9.91. The van der Waals surface area contributed by atoms with Crippen molar-refractivity contribution in [1.29, 1.82) is 0 Å². The summed E-state index contributed by atoms with van der Waals surface area (Å²) < 4.78 is 0. The number of nitrogens with one attached hydrogen (secondary N) is 3. The van der Waals surface area contributed by atoms with Gasteiger partial charge in [-0.15, -0.1) is 0 Å². The molecule has 0 unspecified atom stereocenters. The van der Waals surface area contributed by atoms with Crippen LogP contribution < -0.4 is 20.9 Å². The van der Waals surface area contributed by atoms with E-state index in [-0.39, 0.29) is 0 Å². The van der Waals surface area contributed by atoms with Crippen molar-refractivity contribution in [3.63, 3.8) is 0 Å². The fourth-order valence-corrected chi connectivity index (χ4v) is 6.43. The second-order valence-corrected chi connectivity index (χ2v) is 12.5. The fourth-order valence-electron chi connectivity index (χ4n) is 6.14. The zero-order chi connectivity index (χ0) is 28.2. The van der Waals surface area contributed by atoms with Crippen LogP contribution in [-0.4, -0.2) is 41.3 Å². The van der Waals surface area contributed by atoms with Gasteiger partial charge in [-0.3, -0.25) is 0 Å². The topological polar surface area (TPSA) is 65.1 Å². The van der Waals surface area contributed by atoms with E-state index in [2.05, 4.69) is 66.1 Å². The van der Waals surface area contributed by atoms with Gasteiger partial charge in [0, 0.05) is 37.4 Å². The highest BCUT2D eigenvalue weighted by atomic mass is 32.1. The van der Waals surface area contributed by atoms with Crippen LogP contribution in [0, 0.1) is 0 Å². The van der Waals surface area contributed by atoms with Crippen molar-refractivity contribution in [1.82, 2.24) is 15.3 Å². The van der Waals surface area contributed by atoms with Crippen LogP contribution in [0.4, 0.5) is 17.5 Å². The van der Waals surface area contributed by atoms with Gasteiger partial charge < -0.3 is 20.9 Å². The molecule has 40 heavy (non-hydrogen) atoms.